The Morgan fingerprint density at radius 1 is 1.21 bits per heavy atom. The number of hydrogen-bond acceptors (Lipinski definition) is 6. The molecule has 4 heterocycles. The van der Waals surface area contributed by atoms with Gasteiger partial charge in [0.05, 0.1) is 35.1 Å². The van der Waals surface area contributed by atoms with Gasteiger partial charge in [0.1, 0.15) is 5.76 Å². The summed E-state index contributed by atoms with van der Waals surface area (Å²) in [6.07, 6.45) is 5.16. The first-order valence-corrected chi connectivity index (χ1v) is 9.62. The van der Waals surface area contributed by atoms with Crippen molar-refractivity contribution in [2.45, 2.75) is 52.5 Å². The molecule has 1 aliphatic rings. The Kier molecular flexibility index (Phi) is 4.78. The summed E-state index contributed by atoms with van der Waals surface area (Å²) in [5.74, 6) is 1.46. The Morgan fingerprint density at radius 2 is 2.04 bits per heavy atom. The molecule has 8 heteroatoms. The molecule has 0 bridgehead atoms. The fourth-order valence-electron chi connectivity index (χ4n) is 3.95. The number of carbonyl (C=O) groups is 1. The molecule has 0 N–H and O–H groups in total. The molecule has 0 saturated carbocycles. The molecule has 0 radical (unpaired) electrons. The molecule has 1 aliphatic heterocycles. The van der Waals surface area contributed by atoms with Gasteiger partial charge in [-0.05, 0) is 40.0 Å². The minimum atomic E-state index is -0.0803. The number of amides is 1. The molecule has 28 heavy (non-hydrogen) atoms. The van der Waals surface area contributed by atoms with Gasteiger partial charge in [-0.15, -0.1) is 0 Å². The topological polar surface area (TPSA) is 90.2 Å². The summed E-state index contributed by atoms with van der Waals surface area (Å²) in [6, 6.07) is 1.82. The van der Waals surface area contributed by atoms with Gasteiger partial charge < -0.3 is 13.9 Å². The average Bonchev–Trinajstić information content (AvgIpc) is 3.36. The Hall–Kier alpha value is -2.90. The lowest BCUT2D eigenvalue weighted by atomic mass is 9.95. The first-order valence-electron chi connectivity index (χ1n) is 9.62. The molecule has 3 aromatic rings. The third-order valence-corrected chi connectivity index (χ3v) is 5.40. The van der Waals surface area contributed by atoms with E-state index in [1.807, 2.05) is 45.0 Å². The van der Waals surface area contributed by atoms with Crippen molar-refractivity contribution in [3.05, 3.63) is 40.7 Å². The average molecular weight is 383 g/mol. The zero-order chi connectivity index (χ0) is 19.8. The summed E-state index contributed by atoms with van der Waals surface area (Å²) in [5, 5.41) is 12.7. The minimum absolute atomic E-state index is 0.0736. The van der Waals surface area contributed by atoms with Crippen LogP contribution in [0, 0.1) is 20.8 Å². The number of likely N-dealkylation sites (tertiary alicyclic amines) is 1. The maximum absolute atomic E-state index is 13.2. The maximum atomic E-state index is 13.2. The first-order chi connectivity index (χ1) is 13.4. The van der Waals surface area contributed by atoms with E-state index >= 15 is 0 Å². The van der Waals surface area contributed by atoms with Crippen molar-refractivity contribution < 1.29 is 13.8 Å². The van der Waals surface area contributed by atoms with Crippen molar-refractivity contribution in [2.75, 3.05) is 6.54 Å². The molecule has 3 aromatic heterocycles. The molecule has 0 spiro atoms. The number of aryl methyl sites for hydroxylation is 4. The summed E-state index contributed by atoms with van der Waals surface area (Å²) >= 11 is 0. The lowest BCUT2D eigenvalue weighted by molar-refractivity contribution is -0.134. The van der Waals surface area contributed by atoms with E-state index in [4.69, 9.17) is 9.05 Å². The largest absolute Gasteiger partial charge is 0.361 e. The standard InChI is InChI=1S/C20H25N5O3/c1-12-9-18(28-22-12)16-11-24(4)21-20(16)17-7-5-6-8-25(17)19(26)10-15-13(2)23-27-14(15)3/h9,11,17H,5-8,10H2,1-4H3/t17-/m1/s1. The Morgan fingerprint density at radius 3 is 2.71 bits per heavy atom. The van der Waals surface area contributed by atoms with E-state index in [1.54, 1.807) is 4.68 Å². The van der Waals surface area contributed by atoms with Gasteiger partial charge >= 0.3 is 0 Å². The smallest absolute Gasteiger partial charge is 0.227 e. The van der Waals surface area contributed by atoms with Crippen LogP contribution in [0.1, 0.15) is 53.7 Å². The highest BCUT2D eigenvalue weighted by molar-refractivity contribution is 5.80. The molecular weight excluding hydrogens is 358 g/mol. The maximum Gasteiger partial charge on any atom is 0.227 e. The fraction of sp³-hybridized carbons (Fsp3) is 0.500. The van der Waals surface area contributed by atoms with Gasteiger partial charge in [-0.25, -0.2) is 0 Å². The van der Waals surface area contributed by atoms with Gasteiger partial charge in [-0.1, -0.05) is 10.3 Å². The third kappa shape index (κ3) is 3.34. The number of nitrogens with zero attached hydrogens (tertiary/aromatic N) is 5. The number of hydrogen-bond donors (Lipinski definition) is 0. The van der Waals surface area contributed by atoms with E-state index < -0.39 is 0 Å². The Balaban J connectivity index is 1.66. The lowest BCUT2D eigenvalue weighted by Gasteiger charge is -2.35. The van der Waals surface area contributed by atoms with Gasteiger partial charge in [0, 0.05) is 31.4 Å². The number of aromatic nitrogens is 4. The van der Waals surface area contributed by atoms with Crippen LogP contribution in [0.25, 0.3) is 11.3 Å². The van der Waals surface area contributed by atoms with Gasteiger partial charge in [-0.3, -0.25) is 9.48 Å². The highest BCUT2D eigenvalue weighted by atomic mass is 16.5. The van der Waals surface area contributed by atoms with Crippen LogP contribution < -0.4 is 0 Å². The summed E-state index contributed by atoms with van der Waals surface area (Å²) < 4.78 is 12.5. The highest BCUT2D eigenvalue weighted by Gasteiger charge is 2.33. The van der Waals surface area contributed by atoms with Crippen LogP contribution in [-0.2, 0) is 18.3 Å². The fourth-order valence-corrected chi connectivity index (χ4v) is 3.95. The minimum Gasteiger partial charge on any atom is -0.361 e. The van der Waals surface area contributed by atoms with E-state index in [0.29, 0.717) is 17.9 Å². The molecule has 0 aliphatic carbocycles. The van der Waals surface area contributed by atoms with Gasteiger partial charge in [-0.2, -0.15) is 5.10 Å². The third-order valence-electron chi connectivity index (χ3n) is 5.40. The zero-order valence-corrected chi connectivity index (χ0v) is 16.7. The summed E-state index contributed by atoms with van der Waals surface area (Å²) in [6.45, 7) is 6.33. The molecule has 0 unspecified atom stereocenters. The predicted octanol–water partition coefficient (Wildman–Crippen LogP) is 3.28. The number of carbonyl (C=O) groups excluding carboxylic acids is 1. The van der Waals surface area contributed by atoms with Crippen LogP contribution in [0.4, 0.5) is 0 Å². The molecule has 1 fully saturated rings. The second-order valence-corrected chi connectivity index (χ2v) is 7.51. The molecular formula is C20H25N5O3. The number of piperidine rings is 1. The van der Waals surface area contributed by atoms with Crippen molar-refractivity contribution in [1.82, 2.24) is 25.0 Å². The van der Waals surface area contributed by atoms with Gasteiger partial charge in [0.25, 0.3) is 0 Å². The predicted molar refractivity (Wildman–Crippen MR) is 101 cm³/mol. The van der Waals surface area contributed by atoms with E-state index in [2.05, 4.69) is 15.4 Å². The summed E-state index contributed by atoms with van der Waals surface area (Å²) in [7, 11) is 1.88. The van der Waals surface area contributed by atoms with Crippen molar-refractivity contribution in [1.29, 1.82) is 0 Å². The first kappa shape index (κ1) is 18.5. The van der Waals surface area contributed by atoms with Crippen molar-refractivity contribution >= 4 is 5.91 Å². The molecule has 1 amide bonds. The Bertz CT molecular complexity index is 980. The van der Waals surface area contributed by atoms with Crippen LogP contribution in [0.15, 0.2) is 21.3 Å². The van der Waals surface area contributed by atoms with E-state index in [-0.39, 0.29) is 11.9 Å². The monoisotopic (exact) mass is 383 g/mol. The van der Waals surface area contributed by atoms with Gasteiger partial charge in [0.2, 0.25) is 5.91 Å². The normalized spacial score (nSPS) is 17.3. The zero-order valence-electron chi connectivity index (χ0n) is 16.7. The van der Waals surface area contributed by atoms with Crippen LogP contribution in [0.5, 0.6) is 0 Å². The summed E-state index contributed by atoms with van der Waals surface area (Å²) in [4.78, 5) is 15.1. The van der Waals surface area contributed by atoms with E-state index in [0.717, 1.165) is 54.0 Å². The summed E-state index contributed by atoms with van der Waals surface area (Å²) in [5.41, 5.74) is 4.23. The van der Waals surface area contributed by atoms with Crippen LogP contribution in [0.2, 0.25) is 0 Å². The van der Waals surface area contributed by atoms with E-state index in [9.17, 15) is 4.79 Å². The number of rotatable bonds is 4. The van der Waals surface area contributed by atoms with Crippen molar-refractivity contribution in [2.24, 2.45) is 7.05 Å². The molecule has 1 atom stereocenters. The highest BCUT2D eigenvalue weighted by Crippen LogP contribution is 2.36. The van der Waals surface area contributed by atoms with Crippen LogP contribution in [0.3, 0.4) is 0 Å². The SMILES string of the molecule is Cc1cc(-c2cn(C)nc2[C@H]2CCCCN2C(=O)Cc2c(C)noc2C)on1. The van der Waals surface area contributed by atoms with Crippen molar-refractivity contribution in [3.63, 3.8) is 0 Å². The molecule has 148 valence electrons. The van der Waals surface area contributed by atoms with Gasteiger partial charge in [0.15, 0.2) is 5.76 Å². The molecule has 0 aromatic carbocycles. The second-order valence-electron chi connectivity index (χ2n) is 7.51. The Labute approximate surface area is 163 Å². The molecule has 8 nitrogen and oxygen atoms in total. The quantitative estimate of drug-likeness (QED) is 0.687. The molecule has 1 saturated heterocycles. The van der Waals surface area contributed by atoms with Crippen LogP contribution >= 0.6 is 0 Å². The van der Waals surface area contributed by atoms with Crippen molar-refractivity contribution in [3.8, 4) is 11.3 Å². The molecule has 4 rings (SSSR count). The van der Waals surface area contributed by atoms with E-state index in [1.165, 1.54) is 0 Å². The lowest BCUT2D eigenvalue weighted by Crippen LogP contribution is -2.40. The second kappa shape index (κ2) is 7.26. The van der Waals surface area contributed by atoms with Crippen LogP contribution in [-0.4, -0.2) is 37.4 Å².